The van der Waals surface area contributed by atoms with Crippen LogP contribution in [-0.2, 0) is 4.79 Å². The fourth-order valence-electron chi connectivity index (χ4n) is 0.601. The van der Waals surface area contributed by atoms with Gasteiger partial charge < -0.3 is 0 Å². The third-order valence-electron chi connectivity index (χ3n) is 1.08. The first kappa shape index (κ1) is 6.77. The van der Waals surface area contributed by atoms with Gasteiger partial charge in [0.05, 0.1) is 5.69 Å². The first-order valence-electron chi connectivity index (χ1n) is 2.80. The SMILES string of the molecule is NN(C=O)c1[c]cccc1. The van der Waals surface area contributed by atoms with E-state index in [9.17, 15) is 4.79 Å². The van der Waals surface area contributed by atoms with Crippen molar-refractivity contribution in [1.82, 2.24) is 0 Å². The van der Waals surface area contributed by atoms with Crippen molar-refractivity contribution in [1.29, 1.82) is 0 Å². The van der Waals surface area contributed by atoms with Gasteiger partial charge >= 0.3 is 0 Å². The number of anilines is 1. The average Bonchev–Trinajstić information content (AvgIpc) is 2.05. The van der Waals surface area contributed by atoms with Crippen LogP contribution in [0.2, 0.25) is 0 Å². The van der Waals surface area contributed by atoms with Crippen LogP contribution < -0.4 is 10.9 Å². The standard InChI is InChI=1S/C7H7N2O/c8-9(6-10)7-4-2-1-3-5-7/h1-4,6H,8H2. The minimum absolute atomic E-state index is 0.534. The fourth-order valence-corrected chi connectivity index (χ4v) is 0.601. The van der Waals surface area contributed by atoms with E-state index in [-0.39, 0.29) is 0 Å². The molecule has 3 nitrogen and oxygen atoms in total. The Balaban J connectivity index is 2.84. The number of benzene rings is 1. The van der Waals surface area contributed by atoms with Gasteiger partial charge in [-0.05, 0) is 6.07 Å². The van der Waals surface area contributed by atoms with Crippen molar-refractivity contribution < 1.29 is 4.79 Å². The monoisotopic (exact) mass is 135 g/mol. The lowest BCUT2D eigenvalue weighted by Crippen LogP contribution is -2.28. The molecule has 1 aromatic carbocycles. The molecule has 1 aromatic rings. The van der Waals surface area contributed by atoms with Gasteiger partial charge in [-0.2, -0.15) is 0 Å². The third-order valence-corrected chi connectivity index (χ3v) is 1.08. The van der Waals surface area contributed by atoms with Crippen LogP contribution in [0, 0.1) is 6.07 Å². The van der Waals surface area contributed by atoms with Crippen LogP contribution in [0.4, 0.5) is 5.69 Å². The van der Waals surface area contributed by atoms with Gasteiger partial charge in [0.15, 0.2) is 0 Å². The van der Waals surface area contributed by atoms with E-state index < -0.39 is 0 Å². The number of hydrogen-bond donors (Lipinski definition) is 1. The van der Waals surface area contributed by atoms with Crippen molar-refractivity contribution in [2.75, 3.05) is 5.01 Å². The molecule has 2 N–H and O–H groups in total. The van der Waals surface area contributed by atoms with Crippen molar-refractivity contribution in [2.24, 2.45) is 5.84 Å². The van der Waals surface area contributed by atoms with Crippen LogP contribution in [0.1, 0.15) is 0 Å². The van der Waals surface area contributed by atoms with Crippen molar-refractivity contribution in [3.8, 4) is 0 Å². The summed E-state index contributed by atoms with van der Waals surface area (Å²) in [4.78, 5) is 10.1. The Kier molecular flexibility index (Phi) is 2.02. The number of hydrogen-bond acceptors (Lipinski definition) is 2. The summed E-state index contributed by atoms with van der Waals surface area (Å²) < 4.78 is 0. The third kappa shape index (κ3) is 1.33. The van der Waals surface area contributed by atoms with Gasteiger partial charge in [-0.3, -0.25) is 9.80 Å². The second kappa shape index (κ2) is 2.98. The van der Waals surface area contributed by atoms with E-state index in [2.05, 4.69) is 6.07 Å². The maximum Gasteiger partial charge on any atom is 0.228 e. The molecule has 0 aliphatic heterocycles. The average molecular weight is 135 g/mol. The minimum atomic E-state index is 0.534. The van der Waals surface area contributed by atoms with Crippen LogP contribution in [0.3, 0.4) is 0 Å². The number of nitrogens with zero attached hydrogens (tertiary/aromatic N) is 1. The summed E-state index contributed by atoms with van der Waals surface area (Å²) in [7, 11) is 0. The van der Waals surface area contributed by atoms with Gasteiger partial charge in [0, 0.05) is 6.07 Å². The maximum absolute atomic E-state index is 10.1. The number of rotatable bonds is 2. The molecule has 0 heterocycles. The van der Waals surface area contributed by atoms with E-state index in [1.54, 1.807) is 18.2 Å². The Morgan fingerprint density at radius 2 is 2.40 bits per heavy atom. The number of carbonyl (C=O) groups excluding carboxylic acids is 1. The van der Waals surface area contributed by atoms with E-state index in [1.165, 1.54) is 0 Å². The highest BCUT2D eigenvalue weighted by atomic mass is 16.1. The molecule has 0 fully saturated rings. The molecule has 0 saturated heterocycles. The lowest BCUT2D eigenvalue weighted by atomic mass is 10.3. The van der Waals surface area contributed by atoms with Crippen LogP contribution in [-0.4, -0.2) is 6.41 Å². The van der Waals surface area contributed by atoms with Gasteiger partial charge in [-0.1, -0.05) is 18.2 Å². The molecule has 1 rings (SSSR count). The first-order valence-corrected chi connectivity index (χ1v) is 2.80. The molecule has 0 saturated carbocycles. The van der Waals surface area contributed by atoms with Gasteiger partial charge in [-0.25, -0.2) is 5.84 Å². The van der Waals surface area contributed by atoms with Gasteiger partial charge in [-0.15, -0.1) is 0 Å². The Labute approximate surface area is 59.0 Å². The summed E-state index contributed by atoms with van der Waals surface area (Å²) in [6, 6.07) is 9.78. The molecule has 0 aliphatic carbocycles. The predicted molar refractivity (Wildman–Crippen MR) is 38.0 cm³/mol. The number of para-hydroxylation sites is 1. The predicted octanol–water partition coefficient (Wildman–Crippen LogP) is 0.323. The lowest BCUT2D eigenvalue weighted by Gasteiger charge is -2.07. The summed E-state index contributed by atoms with van der Waals surface area (Å²) in [5.41, 5.74) is 0.567. The van der Waals surface area contributed by atoms with E-state index in [0.717, 1.165) is 5.01 Å². The smallest absolute Gasteiger partial charge is 0.228 e. The molecule has 0 spiro atoms. The van der Waals surface area contributed by atoms with Crippen molar-refractivity contribution in [3.05, 3.63) is 30.3 Å². The zero-order valence-corrected chi connectivity index (χ0v) is 5.32. The van der Waals surface area contributed by atoms with E-state index >= 15 is 0 Å². The summed E-state index contributed by atoms with van der Waals surface area (Å²) in [6.07, 6.45) is 0.534. The van der Waals surface area contributed by atoms with Crippen molar-refractivity contribution in [2.45, 2.75) is 0 Å². The van der Waals surface area contributed by atoms with Gasteiger partial charge in [0.2, 0.25) is 6.41 Å². The number of nitrogens with two attached hydrogens (primary N) is 1. The zero-order chi connectivity index (χ0) is 7.40. The zero-order valence-electron chi connectivity index (χ0n) is 5.32. The highest BCUT2D eigenvalue weighted by Crippen LogP contribution is 2.05. The topological polar surface area (TPSA) is 46.3 Å². The molecule has 0 unspecified atom stereocenters. The normalized spacial score (nSPS) is 8.90. The van der Waals surface area contributed by atoms with Crippen molar-refractivity contribution >= 4 is 12.1 Å². The van der Waals surface area contributed by atoms with Gasteiger partial charge in [0.25, 0.3) is 0 Å². The van der Waals surface area contributed by atoms with Crippen LogP contribution in [0.5, 0.6) is 0 Å². The largest absolute Gasteiger partial charge is 0.277 e. The molecule has 0 bridgehead atoms. The van der Waals surface area contributed by atoms with Crippen LogP contribution in [0.25, 0.3) is 0 Å². The van der Waals surface area contributed by atoms with Crippen LogP contribution >= 0.6 is 0 Å². The lowest BCUT2D eigenvalue weighted by molar-refractivity contribution is -0.107. The molecule has 0 aliphatic rings. The molecule has 10 heavy (non-hydrogen) atoms. The number of hydrazine groups is 1. The maximum atomic E-state index is 10.1. The Bertz CT molecular complexity index is 210. The minimum Gasteiger partial charge on any atom is -0.277 e. The second-order valence-electron chi connectivity index (χ2n) is 1.76. The summed E-state index contributed by atoms with van der Waals surface area (Å²) >= 11 is 0. The number of carbonyl (C=O) groups is 1. The highest BCUT2D eigenvalue weighted by Gasteiger charge is 1.94. The molecule has 0 atom stereocenters. The number of amides is 1. The quantitative estimate of drug-likeness (QED) is 0.275. The summed E-state index contributed by atoms with van der Waals surface area (Å²) in [5, 5.41) is 0.972. The summed E-state index contributed by atoms with van der Waals surface area (Å²) in [6.45, 7) is 0. The summed E-state index contributed by atoms with van der Waals surface area (Å²) in [5.74, 6) is 5.23. The van der Waals surface area contributed by atoms with Gasteiger partial charge in [0.1, 0.15) is 0 Å². The molecule has 0 aromatic heterocycles. The molecule has 1 radical (unpaired) electrons. The van der Waals surface area contributed by atoms with E-state index in [4.69, 9.17) is 5.84 Å². The molecule has 3 heteroatoms. The molecule has 51 valence electrons. The molecular weight excluding hydrogens is 128 g/mol. The highest BCUT2D eigenvalue weighted by molar-refractivity contribution is 5.72. The van der Waals surface area contributed by atoms with E-state index in [1.807, 2.05) is 6.07 Å². The van der Waals surface area contributed by atoms with E-state index in [0.29, 0.717) is 12.1 Å². The van der Waals surface area contributed by atoms with Crippen LogP contribution in [0.15, 0.2) is 24.3 Å². The molecular formula is C7H7N2O. The second-order valence-corrected chi connectivity index (χ2v) is 1.76. The first-order chi connectivity index (χ1) is 4.84. The Morgan fingerprint density at radius 1 is 1.60 bits per heavy atom. The fraction of sp³-hybridized carbons (Fsp3) is 0. The molecule has 1 amide bonds. The Morgan fingerprint density at radius 3 is 2.90 bits per heavy atom. The van der Waals surface area contributed by atoms with Crippen molar-refractivity contribution in [3.63, 3.8) is 0 Å². The Hall–Kier alpha value is -1.35.